The molecule has 0 amide bonds. The van der Waals surface area contributed by atoms with Crippen LogP contribution in [0.15, 0.2) is 60.8 Å². The van der Waals surface area contributed by atoms with Gasteiger partial charge in [0.15, 0.2) is 0 Å². The van der Waals surface area contributed by atoms with Crippen LogP contribution in [-0.4, -0.2) is 11.1 Å². The SMILES string of the molecule is CCCCCC=CCCC=CC=CCCC=CC=CCCC(=O)O. The van der Waals surface area contributed by atoms with Gasteiger partial charge in [-0.25, -0.2) is 0 Å². The molecule has 0 aromatic rings. The van der Waals surface area contributed by atoms with Gasteiger partial charge in [-0.15, -0.1) is 0 Å². The van der Waals surface area contributed by atoms with Gasteiger partial charge in [0, 0.05) is 6.42 Å². The Morgan fingerprint density at radius 1 is 0.667 bits per heavy atom. The fourth-order valence-electron chi connectivity index (χ4n) is 2.04. The molecule has 0 aromatic heterocycles. The molecule has 1 N–H and O–H groups in total. The molecule has 0 unspecified atom stereocenters. The third-order valence-corrected chi connectivity index (χ3v) is 3.43. The average molecular weight is 331 g/mol. The molecule has 0 fully saturated rings. The lowest BCUT2D eigenvalue weighted by Gasteiger charge is -1.91. The second kappa shape index (κ2) is 19.2. The van der Waals surface area contributed by atoms with Gasteiger partial charge >= 0.3 is 5.97 Å². The summed E-state index contributed by atoms with van der Waals surface area (Å²) >= 11 is 0. The third kappa shape index (κ3) is 20.2. The Labute approximate surface area is 148 Å². The number of carbonyl (C=O) groups is 1. The van der Waals surface area contributed by atoms with Crippen LogP contribution < -0.4 is 0 Å². The fraction of sp³-hybridized carbons (Fsp3) is 0.500. The first-order valence-corrected chi connectivity index (χ1v) is 9.27. The molecule has 24 heavy (non-hydrogen) atoms. The number of carboxylic acids is 1. The van der Waals surface area contributed by atoms with Crippen LogP contribution >= 0.6 is 0 Å². The molecule has 0 rings (SSSR count). The topological polar surface area (TPSA) is 37.3 Å². The fourth-order valence-corrected chi connectivity index (χ4v) is 2.04. The molecule has 2 heteroatoms. The van der Waals surface area contributed by atoms with Crippen molar-refractivity contribution < 1.29 is 9.90 Å². The summed E-state index contributed by atoms with van der Waals surface area (Å²) in [6.07, 6.45) is 31.4. The van der Waals surface area contributed by atoms with Crippen molar-refractivity contribution >= 4 is 5.97 Å². The normalized spacial score (nSPS) is 12.7. The smallest absolute Gasteiger partial charge is 0.303 e. The highest BCUT2D eigenvalue weighted by atomic mass is 16.4. The highest BCUT2D eigenvalue weighted by Crippen LogP contribution is 2.02. The maximum atomic E-state index is 10.3. The summed E-state index contributed by atoms with van der Waals surface area (Å²) in [5, 5.41) is 8.49. The molecule has 0 aromatic carbocycles. The highest BCUT2D eigenvalue weighted by molar-refractivity contribution is 5.66. The second-order valence-electron chi connectivity index (χ2n) is 5.77. The van der Waals surface area contributed by atoms with E-state index in [-0.39, 0.29) is 6.42 Å². The summed E-state index contributed by atoms with van der Waals surface area (Å²) in [5.74, 6) is -0.746. The van der Waals surface area contributed by atoms with Crippen molar-refractivity contribution in [3.8, 4) is 0 Å². The standard InChI is InChI=1S/C22H34O2/c1-2-3-4-5-6-7-8-9-10-11-12-13-14-15-16-17-18-19-20-21-22(23)24/h6-7,10-13,16-19H,2-5,8-9,14-15,20-21H2,1H3,(H,23,24). The minimum Gasteiger partial charge on any atom is -0.481 e. The average Bonchev–Trinajstić information content (AvgIpc) is 2.56. The molecule has 2 nitrogen and oxygen atoms in total. The number of unbranched alkanes of at least 4 members (excludes halogenated alkanes) is 5. The molecule has 0 saturated heterocycles. The Balaban J connectivity index is 3.46. The van der Waals surface area contributed by atoms with Crippen molar-refractivity contribution in [2.45, 2.75) is 71.1 Å². The van der Waals surface area contributed by atoms with Crippen LogP contribution in [0.25, 0.3) is 0 Å². The van der Waals surface area contributed by atoms with Crippen LogP contribution in [-0.2, 0) is 4.79 Å². The molecule has 0 bridgehead atoms. The van der Waals surface area contributed by atoms with E-state index in [1.807, 2.05) is 18.2 Å². The van der Waals surface area contributed by atoms with Crippen LogP contribution in [0.3, 0.4) is 0 Å². The van der Waals surface area contributed by atoms with Gasteiger partial charge in [0.25, 0.3) is 0 Å². The zero-order valence-corrected chi connectivity index (χ0v) is 15.2. The van der Waals surface area contributed by atoms with Gasteiger partial charge in [0.2, 0.25) is 0 Å². The highest BCUT2D eigenvalue weighted by Gasteiger charge is 1.90. The molecule has 0 aliphatic rings. The lowest BCUT2D eigenvalue weighted by Crippen LogP contribution is -1.91. The monoisotopic (exact) mass is 330 g/mol. The maximum Gasteiger partial charge on any atom is 0.303 e. The van der Waals surface area contributed by atoms with Crippen LogP contribution in [0.2, 0.25) is 0 Å². The predicted molar refractivity (Wildman–Crippen MR) is 105 cm³/mol. The summed E-state index contributed by atoms with van der Waals surface area (Å²) in [5.41, 5.74) is 0. The minimum atomic E-state index is -0.746. The molecule has 0 aliphatic heterocycles. The van der Waals surface area contributed by atoms with E-state index in [9.17, 15) is 4.79 Å². The van der Waals surface area contributed by atoms with Gasteiger partial charge in [-0.3, -0.25) is 4.79 Å². The van der Waals surface area contributed by atoms with Crippen LogP contribution in [0.1, 0.15) is 71.1 Å². The molecule has 134 valence electrons. The van der Waals surface area contributed by atoms with E-state index in [0.717, 1.165) is 25.7 Å². The molecule has 0 atom stereocenters. The van der Waals surface area contributed by atoms with Crippen LogP contribution in [0, 0.1) is 0 Å². The molecule has 0 radical (unpaired) electrons. The predicted octanol–water partition coefficient (Wildman–Crippen LogP) is 6.77. The van der Waals surface area contributed by atoms with Gasteiger partial charge in [-0.2, -0.15) is 0 Å². The van der Waals surface area contributed by atoms with Crippen molar-refractivity contribution in [1.29, 1.82) is 0 Å². The van der Waals surface area contributed by atoms with Crippen molar-refractivity contribution in [2.24, 2.45) is 0 Å². The van der Waals surface area contributed by atoms with Gasteiger partial charge < -0.3 is 5.11 Å². The number of rotatable bonds is 15. The first-order valence-electron chi connectivity index (χ1n) is 9.27. The Morgan fingerprint density at radius 3 is 1.62 bits per heavy atom. The van der Waals surface area contributed by atoms with E-state index >= 15 is 0 Å². The Kier molecular flexibility index (Phi) is 17.8. The first-order chi connectivity index (χ1) is 11.8. The number of hydrogen-bond donors (Lipinski definition) is 1. The quantitative estimate of drug-likeness (QED) is 0.204. The summed E-state index contributed by atoms with van der Waals surface area (Å²) < 4.78 is 0. The number of allylic oxidation sites excluding steroid dienone is 10. The number of hydrogen-bond acceptors (Lipinski definition) is 1. The van der Waals surface area contributed by atoms with E-state index in [1.165, 1.54) is 25.7 Å². The van der Waals surface area contributed by atoms with Crippen molar-refractivity contribution in [1.82, 2.24) is 0 Å². The maximum absolute atomic E-state index is 10.3. The first kappa shape index (κ1) is 22.2. The van der Waals surface area contributed by atoms with Crippen molar-refractivity contribution in [3.63, 3.8) is 0 Å². The van der Waals surface area contributed by atoms with Crippen LogP contribution in [0.5, 0.6) is 0 Å². The van der Waals surface area contributed by atoms with Gasteiger partial charge in [-0.05, 0) is 44.9 Å². The minimum absolute atomic E-state index is 0.202. The van der Waals surface area contributed by atoms with Crippen molar-refractivity contribution in [3.05, 3.63) is 60.8 Å². The lowest BCUT2D eigenvalue weighted by atomic mass is 10.2. The summed E-state index contributed by atoms with van der Waals surface area (Å²) in [4.78, 5) is 10.3. The van der Waals surface area contributed by atoms with E-state index in [4.69, 9.17) is 5.11 Å². The van der Waals surface area contributed by atoms with Gasteiger partial charge in [-0.1, -0.05) is 80.5 Å². The Hall–Kier alpha value is -1.83. The summed E-state index contributed by atoms with van der Waals surface area (Å²) in [6.45, 7) is 2.24. The summed E-state index contributed by atoms with van der Waals surface area (Å²) in [6, 6.07) is 0. The number of aliphatic carboxylic acids is 1. The summed E-state index contributed by atoms with van der Waals surface area (Å²) in [7, 11) is 0. The van der Waals surface area contributed by atoms with E-state index in [1.54, 1.807) is 0 Å². The zero-order chi connectivity index (χ0) is 17.7. The largest absolute Gasteiger partial charge is 0.481 e. The van der Waals surface area contributed by atoms with E-state index in [0.29, 0.717) is 6.42 Å². The third-order valence-electron chi connectivity index (χ3n) is 3.43. The zero-order valence-electron chi connectivity index (χ0n) is 15.2. The van der Waals surface area contributed by atoms with E-state index in [2.05, 4.69) is 49.5 Å². The lowest BCUT2D eigenvalue weighted by molar-refractivity contribution is -0.136. The Bertz CT molecular complexity index is 425. The molecule has 0 spiro atoms. The Morgan fingerprint density at radius 2 is 1.12 bits per heavy atom. The molecular formula is C22H34O2. The van der Waals surface area contributed by atoms with Gasteiger partial charge in [0.05, 0.1) is 0 Å². The van der Waals surface area contributed by atoms with Crippen LogP contribution in [0.4, 0.5) is 0 Å². The second-order valence-corrected chi connectivity index (χ2v) is 5.77. The molecule has 0 saturated carbocycles. The van der Waals surface area contributed by atoms with Crippen molar-refractivity contribution in [2.75, 3.05) is 0 Å². The van der Waals surface area contributed by atoms with Gasteiger partial charge in [0.1, 0.15) is 0 Å². The molecule has 0 aliphatic carbocycles. The molecular weight excluding hydrogens is 296 g/mol. The molecule has 0 heterocycles. The number of carboxylic acid groups (broad SMARTS) is 1. The van der Waals surface area contributed by atoms with E-state index < -0.39 is 5.97 Å².